The molecule has 0 saturated carbocycles. The molecule has 0 aromatic heterocycles. The maximum Gasteiger partial charge on any atom is 0.0356 e. The molecule has 0 heterocycles. The zero-order valence-electron chi connectivity index (χ0n) is 5.47. The summed E-state index contributed by atoms with van der Waals surface area (Å²) in [6, 6.07) is 0. The maximum atomic E-state index is 4.03. The fourth-order valence-corrected chi connectivity index (χ4v) is 0.280. The van der Waals surface area contributed by atoms with E-state index in [2.05, 4.69) is 17.6 Å². The SMILES string of the molecule is CC(C)=N/C=C(/C)S. The van der Waals surface area contributed by atoms with Gasteiger partial charge in [0.25, 0.3) is 0 Å². The van der Waals surface area contributed by atoms with E-state index in [1.165, 1.54) is 0 Å². The number of hydrogen-bond acceptors (Lipinski definition) is 2. The van der Waals surface area contributed by atoms with Crippen molar-refractivity contribution in [1.29, 1.82) is 0 Å². The highest BCUT2D eigenvalue weighted by molar-refractivity contribution is 7.84. The fraction of sp³-hybridized carbons (Fsp3) is 0.500. The summed E-state index contributed by atoms with van der Waals surface area (Å²) < 4.78 is 0. The Morgan fingerprint density at radius 1 is 1.38 bits per heavy atom. The first-order chi connectivity index (χ1) is 3.63. The molecule has 0 saturated heterocycles. The van der Waals surface area contributed by atoms with Gasteiger partial charge in [-0.3, -0.25) is 4.99 Å². The van der Waals surface area contributed by atoms with Crippen LogP contribution in [0.4, 0.5) is 0 Å². The van der Waals surface area contributed by atoms with Gasteiger partial charge in [0.05, 0.1) is 0 Å². The van der Waals surface area contributed by atoms with Crippen LogP contribution in [0.3, 0.4) is 0 Å². The molecule has 0 aliphatic rings. The fourth-order valence-electron chi connectivity index (χ4n) is 0.223. The Hall–Kier alpha value is -0.240. The number of hydrogen-bond donors (Lipinski definition) is 1. The Kier molecular flexibility index (Phi) is 3.61. The molecule has 0 fully saturated rings. The average Bonchev–Trinajstić information content (AvgIpc) is 1.61. The van der Waals surface area contributed by atoms with Gasteiger partial charge in [0, 0.05) is 11.9 Å². The Bertz CT molecular complexity index is 100. The third kappa shape index (κ3) is 5.76. The van der Waals surface area contributed by atoms with Crippen molar-refractivity contribution in [2.24, 2.45) is 4.99 Å². The summed E-state index contributed by atoms with van der Waals surface area (Å²) in [5, 5.41) is 0. The number of aliphatic imine (C=N–C) groups is 1. The third-order valence-electron chi connectivity index (χ3n) is 0.510. The minimum absolute atomic E-state index is 0.936. The molecule has 0 spiro atoms. The summed E-state index contributed by atoms with van der Waals surface area (Å²) in [6.07, 6.45) is 1.73. The molecule has 0 rings (SSSR count). The molecule has 0 bridgehead atoms. The lowest BCUT2D eigenvalue weighted by Gasteiger charge is -1.83. The number of nitrogens with zero attached hydrogens (tertiary/aromatic N) is 1. The first-order valence-electron chi connectivity index (χ1n) is 2.49. The monoisotopic (exact) mass is 129 g/mol. The van der Waals surface area contributed by atoms with Crippen molar-refractivity contribution in [2.45, 2.75) is 20.8 Å². The van der Waals surface area contributed by atoms with Crippen LogP contribution in [-0.4, -0.2) is 5.71 Å². The van der Waals surface area contributed by atoms with Crippen molar-refractivity contribution in [3.05, 3.63) is 11.1 Å². The lowest BCUT2D eigenvalue weighted by molar-refractivity contribution is 1.46. The van der Waals surface area contributed by atoms with Crippen LogP contribution in [0.25, 0.3) is 0 Å². The number of rotatable bonds is 1. The van der Waals surface area contributed by atoms with Gasteiger partial charge in [0.1, 0.15) is 0 Å². The van der Waals surface area contributed by atoms with Crippen molar-refractivity contribution < 1.29 is 0 Å². The summed E-state index contributed by atoms with van der Waals surface area (Å²) in [5.41, 5.74) is 1.05. The van der Waals surface area contributed by atoms with Gasteiger partial charge in [-0.15, -0.1) is 12.6 Å². The van der Waals surface area contributed by atoms with Gasteiger partial charge in [-0.25, -0.2) is 0 Å². The van der Waals surface area contributed by atoms with Crippen molar-refractivity contribution >= 4 is 18.3 Å². The van der Waals surface area contributed by atoms with Gasteiger partial charge in [-0.2, -0.15) is 0 Å². The zero-order chi connectivity index (χ0) is 6.57. The van der Waals surface area contributed by atoms with E-state index in [1.54, 1.807) is 6.20 Å². The molecule has 1 nitrogen and oxygen atoms in total. The molecule has 0 N–H and O–H groups in total. The normalized spacial score (nSPS) is 11.2. The first-order valence-corrected chi connectivity index (χ1v) is 2.94. The topological polar surface area (TPSA) is 12.4 Å². The predicted molar refractivity (Wildman–Crippen MR) is 41.5 cm³/mol. The number of allylic oxidation sites excluding steroid dienone is 1. The minimum atomic E-state index is 0.936. The van der Waals surface area contributed by atoms with Gasteiger partial charge >= 0.3 is 0 Å². The second kappa shape index (κ2) is 3.72. The van der Waals surface area contributed by atoms with Crippen LogP contribution in [0.1, 0.15) is 20.8 Å². The molecule has 8 heavy (non-hydrogen) atoms. The molecule has 46 valence electrons. The molecular weight excluding hydrogens is 118 g/mol. The van der Waals surface area contributed by atoms with E-state index in [1.807, 2.05) is 20.8 Å². The van der Waals surface area contributed by atoms with Crippen LogP contribution in [0.5, 0.6) is 0 Å². The Labute approximate surface area is 55.9 Å². The maximum absolute atomic E-state index is 4.03. The second-order valence-electron chi connectivity index (χ2n) is 1.85. The van der Waals surface area contributed by atoms with Crippen LogP contribution in [0, 0.1) is 0 Å². The Balaban J connectivity index is 3.76. The third-order valence-corrected chi connectivity index (χ3v) is 0.625. The Morgan fingerprint density at radius 3 is 2.00 bits per heavy atom. The van der Waals surface area contributed by atoms with E-state index in [-0.39, 0.29) is 0 Å². The van der Waals surface area contributed by atoms with E-state index in [0.717, 1.165) is 10.6 Å². The minimum Gasteiger partial charge on any atom is -0.265 e. The highest BCUT2D eigenvalue weighted by Crippen LogP contribution is 1.96. The van der Waals surface area contributed by atoms with Gasteiger partial charge in [-0.05, 0) is 25.7 Å². The summed E-state index contributed by atoms with van der Waals surface area (Å²) in [4.78, 5) is 4.94. The van der Waals surface area contributed by atoms with Crippen LogP contribution in [0.2, 0.25) is 0 Å². The summed E-state index contributed by atoms with van der Waals surface area (Å²) >= 11 is 4.03. The van der Waals surface area contributed by atoms with Crippen LogP contribution in [0.15, 0.2) is 16.1 Å². The van der Waals surface area contributed by atoms with Gasteiger partial charge in [0.15, 0.2) is 0 Å². The molecule has 0 aliphatic carbocycles. The molecule has 0 atom stereocenters. The molecule has 0 aromatic rings. The molecule has 0 aliphatic heterocycles. The van der Waals surface area contributed by atoms with E-state index in [0.29, 0.717) is 0 Å². The number of thiol groups is 1. The highest BCUT2D eigenvalue weighted by Gasteiger charge is 1.73. The summed E-state index contributed by atoms with van der Waals surface area (Å²) in [5.74, 6) is 0. The van der Waals surface area contributed by atoms with Crippen molar-refractivity contribution in [1.82, 2.24) is 0 Å². The van der Waals surface area contributed by atoms with E-state index < -0.39 is 0 Å². The lowest BCUT2D eigenvalue weighted by Crippen LogP contribution is -1.75. The van der Waals surface area contributed by atoms with Crippen molar-refractivity contribution in [3.63, 3.8) is 0 Å². The van der Waals surface area contributed by atoms with E-state index in [9.17, 15) is 0 Å². The molecule has 0 radical (unpaired) electrons. The summed E-state index contributed by atoms with van der Waals surface area (Å²) in [6.45, 7) is 5.80. The summed E-state index contributed by atoms with van der Waals surface area (Å²) in [7, 11) is 0. The van der Waals surface area contributed by atoms with E-state index >= 15 is 0 Å². The van der Waals surface area contributed by atoms with Gasteiger partial charge < -0.3 is 0 Å². The lowest BCUT2D eigenvalue weighted by atomic mass is 10.5. The molecule has 0 amide bonds. The smallest absolute Gasteiger partial charge is 0.0356 e. The van der Waals surface area contributed by atoms with Gasteiger partial charge in [-0.1, -0.05) is 0 Å². The standard InChI is InChI=1S/C6H11NS/c1-5(2)7-4-6(3)8/h4,8H,1-3H3/b6-4-. The quantitative estimate of drug-likeness (QED) is 0.412. The van der Waals surface area contributed by atoms with Crippen LogP contribution >= 0.6 is 12.6 Å². The second-order valence-corrected chi connectivity index (χ2v) is 2.55. The highest BCUT2D eigenvalue weighted by atomic mass is 32.1. The van der Waals surface area contributed by atoms with Crippen molar-refractivity contribution in [3.8, 4) is 0 Å². The molecule has 0 aromatic carbocycles. The molecule has 2 heteroatoms. The van der Waals surface area contributed by atoms with Crippen molar-refractivity contribution in [2.75, 3.05) is 0 Å². The molecule has 0 unspecified atom stereocenters. The Morgan fingerprint density at radius 2 is 1.88 bits per heavy atom. The van der Waals surface area contributed by atoms with Crippen LogP contribution in [-0.2, 0) is 0 Å². The zero-order valence-corrected chi connectivity index (χ0v) is 6.37. The van der Waals surface area contributed by atoms with E-state index in [4.69, 9.17) is 0 Å². The van der Waals surface area contributed by atoms with Gasteiger partial charge in [0.2, 0.25) is 0 Å². The average molecular weight is 129 g/mol. The first kappa shape index (κ1) is 7.76. The predicted octanol–water partition coefficient (Wildman–Crippen LogP) is 2.26. The largest absolute Gasteiger partial charge is 0.265 e. The molecular formula is C6H11NS. The van der Waals surface area contributed by atoms with Crippen LogP contribution < -0.4 is 0 Å².